The van der Waals surface area contributed by atoms with E-state index in [4.69, 9.17) is 29.7 Å². The molecule has 7 rings (SSSR count). The number of amides is 1. The Balaban J connectivity index is 1.14. The number of aryl methyl sites for hydroxylation is 1. The van der Waals surface area contributed by atoms with Crippen LogP contribution >= 0.6 is 11.3 Å². The van der Waals surface area contributed by atoms with Crippen molar-refractivity contribution >= 4 is 28.2 Å². The highest BCUT2D eigenvalue weighted by Crippen LogP contribution is 2.48. The second-order valence-electron chi connectivity index (χ2n) is 15.2. The molecule has 1 atom stereocenters. The minimum absolute atomic E-state index is 0.0603. The highest BCUT2D eigenvalue weighted by Gasteiger charge is 2.43. The van der Waals surface area contributed by atoms with E-state index in [0.717, 1.165) is 61.7 Å². The summed E-state index contributed by atoms with van der Waals surface area (Å²) in [5, 5.41) is 14.9. The molecule has 2 saturated heterocycles. The third-order valence-electron chi connectivity index (χ3n) is 10.5. The van der Waals surface area contributed by atoms with Crippen LogP contribution in [0.1, 0.15) is 101 Å². The number of nitriles is 1. The first kappa shape index (κ1) is 33.6. The number of rotatable bonds is 6. The average molecular weight is 689 g/mol. The molecular formula is C36H48N8O4S. The van der Waals surface area contributed by atoms with Gasteiger partial charge in [-0.2, -0.15) is 10.2 Å². The van der Waals surface area contributed by atoms with E-state index in [1.165, 1.54) is 37.0 Å². The van der Waals surface area contributed by atoms with E-state index in [2.05, 4.69) is 27.9 Å². The average Bonchev–Trinajstić information content (AvgIpc) is 3.85. The lowest BCUT2D eigenvalue weighted by Gasteiger charge is -2.38. The highest BCUT2D eigenvalue weighted by molar-refractivity contribution is 7.16. The fraction of sp³-hybridized carbons (Fsp3) is 0.639. The first-order valence-corrected chi connectivity index (χ1v) is 18.6. The molecule has 2 aliphatic carbocycles. The Hall–Kier alpha value is -3.89. The highest BCUT2D eigenvalue weighted by atomic mass is 32.1. The number of carbonyl (C=O) groups excluding carboxylic acids is 1. The number of nitrogen functional groups attached to an aromatic ring is 1. The van der Waals surface area contributed by atoms with Gasteiger partial charge in [0.25, 0.3) is 0 Å². The van der Waals surface area contributed by atoms with Crippen LogP contribution in [0.4, 0.5) is 15.6 Å². The zero-order valence-electron chi connectivity index (χ0n) is 29.2. The first-order chi connectivity index (χ1) is 23.5. The predicted molar refractivity (Wildman–Crippen MR) is 188 cm³/mol. The zero-order chi connectivity index (χ0) is 34.3. The van der Waals surface area contributed by atoms with Gasteiger partial charge in [-0.15, -0.1) is 11.3 Å². The van der Waals surface area contributed by atoms with Crippen LogP contribution in [0.25, 0.3) is 11.5 Å². The van der Waals surface area contributed by atoms with E-state index in [1.807, 2.05) is 32.9 Å². The molecule has 5 heterocycles. The fourth-order valence-electron chi connectivity index (χ4n) is 7.96. The van der Waals surface area contributed by atoms with Gasteiger partial charge in [0.1, 0.15) is 40.0 Å². The van der Waals surface area contributed by atoms with E-state index in [9.17, 15) is 10.1 Å². The lowest BCUT2D eigenvalue weighted by atomic mass is 9.72. The molecule has 1 amide bonds. The summed E-state index contributed by atoms with van der Waals surface area (Å²) in [4.78, 5) is 30.5. The summed E-state index contributed by atoms with van der Waals surface area (Å²) >= 11 is 1.49. The van der Waals surface area contributed by atoms with Crippen LogP contribution in [-0.2, 0) is 16.6 Å². The SMILES string of the molecule is CC(C)(C)OC(=O)N1CCC(Oc2cc(-c3noc(C4(C)CCCc5sc(N)c(C#N)c54)n3)nc(N3CCN(C4CCCC4)CC3)c2)CC1. The van der Waals surface area contributed by atoms with E-state index in [0.29, 0.717) is 65.7 Å². The number of piperidine rings is 1. The minimum atomic E-state index is -0.617. The molecule has 3 aromatic rings. The molecular weight excluding hydrogens is 641 g/mol. The topological polar surface area (TPSA) is 147 Å². The van der Waals surface area contributed by atoms with Gasteiger partial charge in [-0.1, -0.05) is 18.0 Å². The summed E-state index contributed by atoms with van der Waals surface area (Å²) in [5.74, 6) is 2.39. The standard InChI is InChI=1S/C36H48N8O4S/c1-35(2,3)47-34(45)44-14-11-24(12-15-44)46-25-20-27(39-29(21-25)43-18-16-42(17-19-43)23-8-5-6-9-23)32-40-33(48-41-32)36(4)13-7-10-28-30(36)26(22-37)31(38)49-28/h20-21,23-24H,5-19,38H2,1-4H3. The van der Waals surface area contributed by atoms with Crippen LogP contribution in [0.5, 0.6) is 5.75 Å². The summed E-state index contributed by atoms with van der Waals surface area (Å²) in [6.45, 7) is 12.6. The van der Waals surface area contributed by atoms with Crippen molar-refractivity contribution in [1.82, 2.24) is 24.9 Å². The zero-order valence-corrected chi connectivity index (χ0v) is 30.0. The number of likely N-dealkylation sites (tertiary alicyclic amines) is 1. The number of nitrogens with zero attached hydrogens (tertiary/aromatic N) is 7. The van der Waals surface area contributed by atoms with Crippen LogP contribution in [0.15, 0.2) is 16.7 Å². The number of hydrogen-bond acceptors (Lipinski definition) is 12. The van der Waals surface area contributed by atoms with Crippen molar-refractivity contribution in [1.29, 1.82) is 5.26 Å². The molecule has 2 N–H and O–H groups in total. The van der Waals surface area contributed by atoms with Crippen LogP contribution < -0.4 is 15.4 Å². The number of thiophene rings is 1. The lowest BCUT2D eigenvalue weighted by molar-refractivity contribution is 0.0126. The Labute approximate surface area is 292 Å². The third-order valence-corrected chi connectivity index (χ3v) is 11.6. The summed E-state index contributed by atoms with van der Waals surface area (Å²) < 4.78 is 18.2. The molecule has 2 aliphatic heterocycles. The molecule has 49 heavy (non-hydrogen) atoms. The number of aromatic nitrogens is 3. The van der Waals surface area contributed by atoms with Crippen LogP contribution in [0.2, 0.25) is 0 Å². The van der Waals surface area contributed by atoms with Gasteiger partial charge in [0.15, 0.2) is 0 Å². The van der Waals surface area contributed by atoms with E-state index in [1.54, 1.807) is 4.90 Å². The summed E-state index contributed by atoms with van der Waals surface area (Å²) in [5.41, 5.74) is 7.14. The quantitative estimate of drug-likeness (QED) is 0.319. The molecule has 0 bridgehead atoms. The van der Waals surface area contributed by atoms with Crippen molar-refractivity contribution in [3.8, 4) is 23.3 Å². The molecule has 3 fully saturated rings. The molecule has 1 saturated carbocycles. The van der Waals surface area contributed by atoms with Crippen molar-refractivity contribution < 1.29 is 18.8 Å². The molecule has 262 valence electrons. The maximum Gasteiger partial charge on any atom is 0.410 e. The predicted octanol–water partition coefficient (Wildman–Crippen LogP) is 6.13. The Kier molecular flexibility index (Phi) is 9.21. The number of ether oxygens (including phenoxy) is 2. The van der Waals surface area contributed by atoms with Gasteiger partial charge in [0.05, 0.1) is 11.0 Å². The Bertz CT molecular complexity index is 1700. The monoisotopic (exact) mass is 688 g/mol. The smallest absolute Gasteiger partial charge is 0.410 e. The Morgan fingerprint density at radius 2 is 1.80 bits per heavy atom. The summed E-state index contributed by atoms with van der Waals surface area (Å²) in [6.07, 6.45) is 8.92. The van der Waals surface area contributed by atoms with Gasteiger partial charge < -0.3 is 29.5 Å². The molecule has 1 unspecified atom stereocenters. The molecule has 4 aliphatic rings. The van der Waals surface area contributed by atoms with Crippen LogP contribution in [0.3, 0.4) is 0 Å². The van der Waals surface area contributed by atoms with E-state index in [-0.39, 0.29) is 12.2 Å². The molecule has 13 heteroatoms. The largest absolute Gasteiger partial charge is 0.490 e. The number of pyridine rings is 1. The molecule has 3 aromatic heterocycles. The summed E-state index contributed by atoms with van der Waals surface area (Å²) in [7, 11) is 0. The van der Waals surface area contributed by atoms with Crippen LogP contribution in [0, 0.1) is 11.3 Å². The minimum Gasteiger partial charge on any atom is -0.490 e. The fourth-order valence-corrected chi connectivity index (χ4v) is 9.15. The Morgan fingerprint density at radius 1 is 1.06 bits per heavy atom. The van der Waals surface area contributed by atoms with Gasteiger partial charge in [-0.3, -0.25) is 4.90 Å². The molecule has 0 spiro atoms. The third kappa shape index (κ3) is 6.95. The molecule has 12 nitrogen and oxygen atoms in total. The van der Waals surface area contributed by atoms with Gasteiger partial charge in [-0.25, -0.2) is 9.78 Å². The van der Waals surface area contributed by atoms with Gasteiger partial charge in [-0.05, 0) is 59.8 Å². The Morgan fingerprint density at radius 3 is 2.49 bits per heavy atom. The van der Waals surface area contributed by atoms with Crippen molar-refractivity contribution in [2.75, 3.05) is 49.9 Å². The lowest BCUT2D eigenvalue weighted by Crippen LogP contribution is -2.50. The molecule has 0 aromatic carbocycles. The van der Waals surface area contributed by atoms with Crippen molar-refractivity contribution in [3.05, 3.63) is 34.0 Å². The maximum absolute atomic E-state index is 12.7. The van der Waals surface area contributed by atoms with E-state index < -0.39 is 11.0 Å². The number of nitrogens with two attached hydrogens (primary N) is 1. The number of carbonyl (C=O) groups is 1. The van der Waals surface area contributed by atoms with Crippen LogP contribution in [-0.4, -0.2) is 88.0 Å². The number of hydrogen-bond donors (Lipinski definition) is 1. The number of anilines is 2. The van der Waals surface area contributed by atoms with Gasteiger partial charge in [0, 0.05) is 80.7 Å². The summed E-state index contributed by atoms with van der Waals surface area (Å²) in [6, 6.07) is 6.95. The number of piperazine rings is 1. The second-order valence-corrected chi connectivity index (χ2v) is 16.3. The molecule has 0 radical (unpaired) electrons. The normalized spacial score (nSPS) is 22.6. The number of fused-ring (bicyclic) bond motifs is 1. The maximum atomic E-state index is 12.7. The second kappa shape index (κ2) is 13.4. The van der Waals surface area contributed by atoms with Gasteiger partial charge in [0.2, 0.25) is 11.7 Å². The van der Waals surface area contributed by atoms with Crippen molar-refractivity contribution in [3.63, 3.8) is 0 Å². The first-order valence-electron chi connectivity index (χ1n) is 17.8. The van der Waals surface area contributed by atoms with E-state index >= 15 is 0 Å². The van der Waals surface area contributed by atoms with Crippen molar-refractivity contribution in [2.24, 2.45) is 0 Å². The van der Waals surface area contributed by atoms with Crippen molar-refractivity contribution in [2.45, 2.75) is 109 Å². The van der Waals surface area contributed by atoms with Gasteiger partial charge >= 0.3 is 6.09 Å².